The highest BCUT2D eigenvalue weighted by atomic mass is 16.5. The van der Waals surface area contributed by atoms with Crippen molar-refractivity contribution in [1.82, 2.24) is 0 Å². The number of esters is 1. The van der Waals surface area contributed by atoms with Crippen LogP contribution in [0.15, 0.2) is 36.4 Å². The average Bonchev–Trinajstić information content (AvgIpc) is 2.42. The van der Waals surface area contributed by atoms with Crippen LogP contribution in [0.4, 0.5) is 0 Å². The second-order valence-corrected chi connectivity index (χ2v) is 4.80. The Hall–Kier alpha value is -2.82. The summed E-state index contributed by atoms with van der Waals surface area (Å²) in [5.41, 5.74) is 0.928. The molecule has 0 saturated heterocycles. The maximum absolute atomic E-state index is 12.5. The van der Waals surface area contributed by atoms with Crippen molar-refractivity contribution < 1.29 is 24.5 Å². The molecular formula is C16H12O5. The molecule has 0 amide bonds. The highest BCUT2D eigenvalue weighted by Gasteiger charge is 2.36. The number of carbonyl (C=O) groups excluding carboxylic acids is 2. The van der Waals surface area contributed by atoms with Crippen LogP contribution in [0.25, 0.3) is 0 Å². The molecule has 2 aromatic rings. The molecule has 2 aromatic carbocycles. The Labute approximate surface area is 120 Å². The van der Waals surface area contributed by atoms with Crippen molar-refractivity contribution in [3.8, 4) is 11.5 Å². The van der Waals surface area contributed by atoms with Crippen molar-refractivity contribution in [2.45, 2.75) is 13.0 Å². The topological polar surface area (TPSA) is 83.8 Å². The lowest BCUT2D eigenvalue weighted by Gasteiger charge is -2.27. The summed E-state index contributed by atoms with van der Waals surface area (Å²) < 4.78 is 5.29. The number of hydrogen-bond acceptors (Lipinski definition) is 5. The average molecular weight is 284 g/mol. The molecule has 0 unspecified atom stereocenters. The minimum atomic E-state index is -0.829. The van der Waals surface area contributed by atoms with Crippen LogP contribution < -0.4 is 0 Å². The zero-order valence-electron chi connectivity index (χ0n) is 11.2. The fraction of sp³-hybridized carbons (Fsp3) is 0.125. The van der Waals surface area contributed by atoms with E-state index in [4.69, 9.17) is 4.74 Å². The van der Waals surface area contributed by atoms with Gasteiger partial charge in [0.15, 0.2) is 6.10 Å². The summed E-state index contributed by atoms with van der Waals surface area (Å²) in [7, 11) is 0. The molecule has 0 atom stereocenters. The SMILES string of the molecule is CC(=O)OC1c2cccc(O)c2C(=O)c2c(O)cccc21. The fourth-order valence-corrected chi connectivity index (χ4v) is 2.63. The van der Waals surface area contributed by atoms with E-state index in [1.165, 1.54) is 19.1 Å². The normalized spacial score (nSPS) is 13.5. The molecule has 106 valence electrons. The molecular weight excluding hydrogens is 272 g/mol. The van der Waals surface area contributed by atoms with Gasteiger partial charge in [0.1, 0.15) is 11.5 Å². The van der Waals surface area contributed by atoms with Gasteiger partial charge in [-0.25, -0.2) is 0 Å². The first kappa shape index (κ1) is 13.2. The van der Waals surface area contributed by atoms with Crippen molar-refractivity contribution >= 4 is 11.8 Å². The van der Waals surface area contributed by atoms with Crippen LogP contribution in [0.2, 0.25) is 0 Å². The van der Waals surface area contributed by atoms with Gasteiger partial charge in [-0.3, -0.25) is 9.59 Å². The van der Waals surface area contributed by atoms with E-state index in [0.717, 1.165) is 0 Å². The molecule has 0 bridgehead atoms. The number of phenolic OH excluding ortho intramolecular Hbond substituents is 2. The molecule has 21 heavy (non-hydrogen) atoms. The first-order valence-electron chi connectivity index (χ1n) is 6.36. The number of ketones is 1. The van der Waals surface area contributed by atoms with Crippen LogP contribution in [0.5, 0.6) is 11.5 Å². The van der Waals surface area contributed by atoms with E-state index in [2.05, 4.69) is 0 Å². The van der Waals surface area contributed by atoms with Crippen LogP contribution in [0.1, 0.15) is 40.1 Å². The molecule has 0 saturated carbocycles. The number of aromatic hydroxyl groups is 2. The highest BCUT2D eigenvalue weighted by Crippen LogP contribution is 2.43. The summed E-state index contributed by atoms with van der Waals surface area (Å²) in [6.45, 7) is 1.27. The molecule has 0 heterocycles. The summed E-state index contributed by atoms with van der Waals surface area (Å²) in [6, 6.07) is 9.15. The number of benzene rings is 2. The zero-order valence-corrected chi connectivity index (χ0v) is 11.2. The van der Waals surface area contributed by atoms with Crippen LogP contribution in [-0.2, 0) is 9.53 Å². The predicted molar refractivity (Wildman–Crippen MR) is 73.3 cm³/mol. The maximum Gasteiger partial charge on any atom is 0.303 e. The van der Waals surface area contributed by atoms with Gasteiger partial charge in [-0.2, -0.15) is 0 Å². The first-order chi connectivity index (χ1) is 10.0. The van der Waals surface area contributed by atoms with Gasteiger partial charge in [0.25, 0.3) is 0 Å². The van der Waals surface area contributed by atoms with E-state index < -0.39 is 17.9 Å². The molecule has 3 rings (SSSR count). The standard InChI is InChI=1S/C16H12O5/c1-8(17)21-16-9-4-2-6-11(18)13(9)15(20)14-10(16)5-3-7-12(14)19/h2-7,16,18-19H,1H3. The van der Waals surface area contributed by atoms with Crippen molar-refractivity contribution in [1.29, 1.82) is 0 Å². The quantitative estimate of drug-likeness (QED) is 0.785. The lowest BCUT2D eigenvalue weighted by atomic mass is 9.82. The van der Waals surface area contributed by atoms with E-state index in [0.29, 0.717) is 11.1 Å². The lowest BCUT2D eigenvalue weighted by Crippen LogP contribution is -2.23. The molecule has 0 aliphatic heterocycles. The minimum absolute atomic E-state index is 0.0535. The third-order valence-electron chi connectivity index (χ3n) is 3.45. The molecule has 5 heteroatoms. The van der Waals surface area contributed by atoms with Gasteiger partial charge in [0.2, 0.25) is 5.78 Å². The summed E-state index contributed by atoms with van der Waals surface area (Å²) in [5.74, 6) is -1.41. The Morgan fingerprint density at radius 1 is 1.00 bits per heavy atom. The molecule has 0 radical (unpaired) electrons. The third-order valence-corrected chi connectivity index (χ3v) is 3.45. The van der Waals surface area contributed by atoms with Gasteiger partial charge in [0, 0.05) is 18.1 Å². The summed E-state index contributed by atoms with van der Waals surface area (Å²) in [4.78, 5) is 23.9. The number of ether oxygens (including phenoxy) is 1. The lowest BCUT2D eigenvalue weighted by molar-refractivity contribution is -0.144. The number of hydrogen-bond donors (Lipinski definition) is 2. The molecule has 0 fully saturated rings. The maximum atomic E-state index is 12.5. The van der Waals surface area contributed by atoms with Crippen molar-refractivity contribution in [3.63, 3.8) is 0 Å². The largest absolute Gasteiger partial charge is 0.507 e. The van der Waals surface area contributed by atoms with Gasteiger partial charge in [-0.1, -0.05) is 24.3 Å². The van der Waals surface area contributed by atoms with Gasteiger partial charge in [0.05, 0.1) is 11.1 Å². The van der Waals surface area contributed by atoms with Gasteiger partial charge < -0.3 is 14.9 Å². The van der Waals surface area contributed by atoms with E-state index in [9.17, 15) is 19.8 Å². The Morgan fingerprint density at radius 3 is 1.90 bits per heavy atom. The van der Waals surface area contributed by atoms with E-state index in [1.807, 2.05) is 0 Å². The summed E-state index contributed by atoms with van der Waals surface area (Å²) >= 11 is 0. The molecule has 5 nitrogen and oxygen atoms in total. The van der Waals surface area contributed by atoms with Crippen molar-refractivity contribution in [2.24, 2.45) is 0 Å². The monoisotopic (exact) mass is 284 g/mol. The molecule has 1 aliphatic rings. The third kappa shape index (κ3) is 1.94. The van der Waals surface area contributed by atoms with Crippen molar-refractivity contribution in [2.75, 3.05) is 0 Å². The van der Waals surface area contributed by atoms with E-state index in [-0.39, 0.29) is 22.6 Å². The van der Waals surface area contributed by atoms with Crippen LogP contribution in [0, 0.1) is 0 Å². The van der Waals surface area contributed by atoms with Crippen LogP contribution in [0.3, 0.4) is 0 Å². The predicted octanol–water partition coefficient (Wildman–Crippen LogP) is 2.29. The minimum Gasteiger partial charge on any atom is -0.507 e. The Balaban J connectivity index is 2.31. The highest BCUT2D eigenvalue weighted by molar-refractivity contribution is 6.15. The first-order valence-corrected chi connectivity index (χ1v) is 6.36. The zero-order chi connectivity index (χ0) is 15.1. The Kier molecular flexibility index (Phi) is 2.90. The van der Waals surface area contributed by atoms with Crippen LogP contribution >= 0.6 is 0 Å². The van der Waals surface area contributed by atoms with Crippen molar-refractivity contribution in [3.05, 3.63) is 58.7 Å². The second-order valence-electron chi connectivity index (χ2n) is 4.80. The Bertz CT molecular complexity index is 708. The fourth-order valence-electron chi connectivity index (χ4n) is 2.63. The van der Waals surface area contributed by atoms with Gasteiger partial charge in [-0.15, -0.1) is 0 Å². The number of carbonyl (C=O) groups is 2. The smallest absolute Gasteiger partial charge is 0.303 e. The van der Waals surface area contributed by atoms with E-state index >= 15 is 0 Å². The number of rotatable bonds is 1. The molecule has 0 spiro atoms. The summed E-state index contributed by atoms with van der Waals surface area (Å²) in [5, 5.41) is 19.9. The van der Waals surface area contributed by atoms with Crippen LogP contribution in [-0.4, -0.2) is 22.0 Å². The van der Waals surface area contributed by atoms with Gasteiger partial charge >= 0.3 is 5.97 Å². The number of fused-ring (bicyclic) bond motifs is 2. The summed E-state index contributed by atoms with van der Waals surface area (Å²) in [6.07, 6.45) is -0.829. The molecule has 0 aromatic heterocycles. The Morgan fingerprint density at radius 2 is 1.48 bits per heavy atom. The van der Waals surface area contributed by atoms with E-state index in [1.54, 1.807) is 24.3 Å². The second kappa shape index (κ2) is 4.63. The molecule has 1 aliphatic carbocycles. The molecule has 2 N–H and O–H groups in total. The number of phenols is 2. The van der Waals surface area contributed by atoms with Gasteiger partial charge in [-0.05, 0) is 12.1 Å².